The third-order valence-corrected chi connectivity index (χ3v) is 3.02. The van der Waals surface area contributed by atoms with Crippen LogP contribution in [0, 0.1) is 17.8 Å². The fraction of sp³-hybridized carbons (Fsp3) is 1.00. The number of alkyl halides is 2. The number of hydrogen-bond acceptors (Lipinski definition) is 1. The van der Waals surface area contributed by atoms with Crippen LogP contribution in [0.2, 0.25) is 0 Å². The molecule has 1 saturated carbocycles. The zero-order valence-corrected chi connectivity index (χ0v) is 7.83. The molecule has 0 amide bonds. The average Bonchev–Trinajstić information content (AvgIpc) is 2.31. The Balaban J connectivity index is 0.000000720. The summed E-state index contributed by atoms with van der Waals surface area (Å²) in [5, 5.41) is 3.03. The van der Waals surface area contributed by atoms with Gasteiger partial charge in [0.25, 0.3) is 5.92 Å². The standard InChI is InChI=1S/C8H13F2N.ClH/c1-2-6-7(8(6,9)10)5-3-11-4-5;/h5-7,11H,2-4H2,1H3;1H. The van der Waals surface area contributed by atoms with Crippen LogP contribution >= 0.6 is 12.4 Å². The van der Waals surface area contributed by atoms with Crippen molar-refractivity contribution in [2.75, 3.05) is 13.1 Å². The van der Waals surface area contributed by atoms with E-state index in [1.54, 1.807) is 0 Å². The fourth-order valence-corrected chi connectivity index (χ4v) is 2.15. The third kappa shape index (κ3) is 1.23. The lowest BCUT2D eigenvalue weighted by Gasteiger charge is -2.27. The number of hydrogen-bond donors (Lipinski definition) is 1. The average molecular weight is 198 g/mol. The molecule has 0 radical (unpaired) electrons. The molecule has 0 spiro atoms. The van der Waals surface area contributed by atoms with Crippen LogP contribution in [0.1, 0.15) is 13.3 Å². The highest BCUT2D eigenvalue weighted by Gasteiger charge is 2.69. The van der Waals surface area contributed by atoms with Crippen LogP contribution in [0.25, 0.3) is 0 Å². The molecule has 1 N–H and O–H groups in total. The Morgan fingerprint density at radius 3 is 2.25 bits per heavy atom. The van der Waals surface area contributed by atoms with Crippen LogP contribution < -0.4 is 5.32 Å². The molecule has 2 fully saturated rings. The molecule has 2 unspecified atom stereocenters. The Morgan fingerprint density at radius 1 is 1.42 bits per heavy atom. The van der Waals surface area contributed by atoms with Gasteiger partial charge >= 0.3 is 0 Å². The van der Waals surface area contributed by atoms with E-state index in [0.29, 0.717) is 6.42 Å². The van der Waals surface area contributed by atoms with Gasteiger partial charge in [0.2, 0.25) is 0 Å². The van der Waals surface area contributed by atoms with Crippen molar-refractivity contribution >= 4 is 12.4 Å². The van der Waals surface area contributed by atoms with Crippen molar-refractivity contribution in [3.05, 3.63) is 0 Å². The lowest BCUT2D eigenvalue weighted by molar-refractivity contribution is 0.0664. The van der Waals surface area contributed by atoms with Gasteiger partial charge in [0.15, 0.2) is 0 Å². The van der Waals surface area contributed by atoms with E-state index < -0.39 is 5.92 Å². The lowest BCUT2D eigenvalue weighted by atomic mass is 9.95. The van der Waals surface area contributed by atoms with Gasteiger partial charge in [-0.25, -0.2) is 8.78 Å². The monoisotopic (exact) mass is 197 g/mol. The first kappa shape index (κ1) is 10.2. The summed E-state index contributed by atoms with van der Waals surface area (Å²) in [5.74, 6) is -2.68. The highest BCUT2D eigenvalue weighted by atomic mass is 35.5. The zero-order valence-electron chi connectivity index (χ0n) is 7.02. The molecule has 72 valence electrons. The molecule has 0 aromatic heterocycles. The smallest absolute Gasteiger partial charge is 0.255 e. The van der Waals surface area contributed by atoms with Crippen molar-refractivity contribution in [2.24, 2.45) is 17.8 Å². The highest BCUT2D eigenvalue weighted by Crippen LogP contribution is 2.60. The molecule has 2 atom stereocenters. The molecule has 0 bridgehead atoms. The molecule has 2 aliphatic rings. The van der Waals surface area contributed by atoms with Gasteiger partial charge < -0.3 is 5.32 Å². The third-order valence-electron chi connectivity index (χ3n) is 3.02. The maximum Gasteiger partial charge on any atom is 0.255 e. The summed E-state index contributed by atoms with van der Waals surface area (Å²) in [6.45, 7) is 3.46. The van der Waals surface area contributed by atoms with Crippen molar-refractivity contribution in [3.8, 4) is 0 Å². The Hall–Kier alpha value is 0.110. The van der Waals surface area contributed by atoms with Gasteiger partial charge in [-0.05, 0) is 25.4 Å². The first-order valence-corrected chi connectivity index (χ1v) is 4.26. The lowest BCUT2D eigenvalue weighted by Crippen LogP contribution is -2.44. The number of halogens is 3. The van der Waals surface area contributed by atoms with E-state index in [1.807, 2.05) is 6.92 Å². The van der Waals surface area contributed by atoms with Gasteiger partial charge in [0.1, 0.15) is 0 Å². The topological polar surface area (TPSA) is 12.0 Å². The van der Waals surface area contributed by atoms with E-state index >= 15 is 0 Å². The van der Waals surface area contributed by atoms with Gasteiger partial charge in [-0.15, -0.1) is 12.4 Å². The van der Waals surface area contributed by atoms with Crippen molar-refractivity contribution in [1.82, 2.24) is 5.32 Å². The van der Waals surface area contributed by atoms with E-state index in [-0.39, 0.29) is 30.2 Å². The minimum atomic E-state index is -2.33. The molecule has 1 nitrogen and oxygen atoms in total. The number of rotatable bonds is 2. The van der Waals surface area contributed by atoms with Gasteiger partial charge in [-0.1, -0.05) is 6.92 Å². The van der Waals surface area contributed by atoms with Crippen molar-refractivity contribution in [3.63, 3.8) is 0 Å². The summed E-state index contributed by atoms with van der Waals surface area (Å²) in [7, 11) is 0. The van der Waals surface area contributed by atoms with Gasteiger partial charge in [0.05, 0.1) is 0 Å². The van der Waals surface area contributed by atoms with Crippen LogP contribution in [0.3, 0.4) is 0 Å². The highest BCUT2D eigenvalue weighted by molar-refractivity contribution is 5.85. The Labute approximate surface area is 77.3 Å². The second-order valence-electron chi connectivity index (χ2n) is 3.63. The zero-order chi connectivity index (χ0) is 8.06. The molecular formula is C8H14ClF2N. The van der Waals surface area contributed by atoms with E-state index in [2.05, 4.69) is 5.32 Å². The molecule has 1 aliphatic carbocycles. The fourth-order valence-electron chi connectivity index (χ4n) is 2.15. The second-order valence-corrected chi connectivity index (χ2v) is 3.63. The molecule has 4 heteroatoms. The molecule has 0 aromatic rings. The molecule has 1 aliphatic heterocycles. The maximum atomic E-state index is 12.9. The number of nitrogens with one attached hydrogen (secondary N) is 1. The summed E-state index contributed by atoms with van der Waals surface area (Å²) in [4.78, 5) is 0. The van der Waals surface area contributed by atoms with E-state index in [1.165, 1.54) is 0 Å². The maximum absolute atomic E-state index is 12.9. The molecule has 1 heterocycles. The molecule has 12 heavy (non-hydrogen) atoms. The Morgan fingerprint density at radius 2 is 2.00 bits per heavy atom. The summed E-state index contributed by atoms with van der Waals surface area (Å²) >= 11 is 0. The Kier molecular flexibility index (Phi) is 2.64. The molecule has 2 rings (SSSR count). The van der Waals surface area contributed by atoms with Crippen molar-refractivity contribution < 1.29 is 8.78 Å². The predicted octanol–water partition coefficient (Wildman–Crippen LogP) is 1.92. The van der Waals surface area contributed by atoms with E-state index in [4.69, 9.17) is 0 Å². The second kappa shape index (κ2) is 3.11. The molecule has 0 aromatic carbocycles. The summed E-state index contributed by atoms with van der Waals surface area (Å²) in [6, 6.07) is 0. The van der Waals surface area contributed by atoms with Gasteiger partial charge in [0, 0.05) is 11.8 Å². The minimum absolute atomic E-state index is 0. The van der Waals surface area contributed by atoms with Crippen LogP contribution in [0.4, 0.5) is 8.78 Å². The molecular weight excluding hydrogens is 184 g/mol. The first-order chi connectivity index (χ1) is 5.18. The van der Waals surface area contributed by atoms with Crippen LogP contribution in [-0.2, 0) is 0 Å². The first-order valence-electron chi connectivity index (χ1n) is 4.26. The summed E-state index contributed by atoms with van der Waals surface area (Å²) in [5.41, 5.74) is 0. The molecule has 1 saturated heterocycles. The van der Waals surface area contributed by atoms with Gasteiger partial charge in [-0.2, -0.15) is 0 Å². The van der Waals surface area contributed by atoms with Crippen LogP contribution in [0.15, 0.2) is 0 Å². The summed E-state index contributed by atoms with van der Waals surface area (Å²) < 4.78 is 25.8. The minimum Gasteiger partial charge on any atom is -0.316 e. The largest absolute Gasteiger partial charge is 0.316 e. The predicted molar refractivity (Wildman–Crippen MR) is 45.8 cm³/mol. The van der Waals surface area contributed by atoms with Crippen molar-refractivity contribution in [1.29, 1.82) is 0 Å². The van der Waals surface area contributed by atoms with E-state index in [9.17, 15) is 8.78 Å². The van der Waals surface area contributed by atoms with E-state index in [0.717, 1.165) is 13.1 Å². The van der Waals surface area contributed by atoms with Crippen LogP contribution in [-0.4, -0.2) is 19.0 Å². The summed E-state index contributed by atoms with van der Waals surface area (Å²) in [6.07, 6.45) is 0.633. The quantitative estimate of drug-likeness (QED) is 0.713. The Bertz CT molecular complexity index is 170. The van der Waals surface area contributed by atoms with Gasteiger partial charge in [-0.3, -0.25) is 0 Å². The van der Waals surface area contributed by atoms with Crippen molar-refractivity contribution in [2.45, 2.75) is 19.3 Å². The SMILES string of the molecule is CCC1C(C2CNC2)C1(F)F.Cl. The van der Waals surface area contributed by atoms with Crippen LogP contribution in [0.5, 0.6) is 0 Å². The normalized spacial score (nSPS) is 38.2.